The first-order valence-corrected chi connectivity index (χ1v) is 6.30. The number of aromatic nitrogens is 1. The van der Waals surface area contributed by atoms with Crippen molar-refractivity contribution in [2.24, 2.45) is 5.73 Å². The maximum atomic E-state index is 12.3. The van der Waals surface area contributed by atoms with Gasteiger partial charge in [-0.15, -0.1) is 0 Å². The highest BCUT2D eigenvalue weighted by molar-refractivity contribution is 6.07. The zero-order chi connectivity index (χ0) is 15.6. The first-order valence-electron chi connectivity index (χ1n) is 6.30. The van der Waals surface area contributed by atoms with E-state index in [2.05, 4.69) is 4.98 Å². The normalized spacial score (nSPS) is 11.6. The summed E-state index contributed by atoms with van der Waals surface area (Å²) in [6.45, 7) is -0.202. The van der Waals surface area contributed by atoms with Crippen molar-refractivity contribution in [2.45, 2.75) is 12.6 Å². The molecule has 3 N–H and O–H groups in total. The van der Waals surface area contributed by atoms with E-state index in [0.717, 1.165) is 0 Å². The van der Waals surface area contributed by atoms with Crippen LogP contribution in [0.15, 0.2) is 30.3 Å². The highest BCUT2D eigenvalue weighted by atomic mass is 19.4. The van der Waals surface area contributed by atoms with Crippen LogP contribution in [-0.2, 0) is 0 Å². The average molecular weight is 296 g/mol. The summed E-state index contributed by atoms with van der Waals surface area (Å²) in [6.07, 6.45) is -5.14. The number of nitrogens with zero attached hydrogens (tertiary/aromatic N) is 2. The Kier molecular flexibility index (Phi) is 4.02. The van der Waals surface area contributed by atoms with Crippen LogP contribution in [-0.4, -0.2) is 30.6 Å². The molecular weight excluding hydrogens is 281 g/mol. The van der Waals surface area contributed by atoms with Gasteiger partial charge in [0.05, 0.1) is 11.9 Å². The quantitative estimate of drug-likeness (QED) is 0.673. The molecule has 1 aromatic heterocycles. The van der Waals surface area contributed by atoms with Gasteiger partial charge in [-0.3, -0.25) is 5.41 Å². The lowest BCUT2D eigenvalue weighted by atomic mass is 10.1. The molecule has 0 fully saturated rings. The number of nitrogen functional groups attached to an aromatic ring is 1. The van der Waals surface area contributed by atoms with Gasteiger partial charge < -0.3 is 10.6 Å². The van der Waals surface area contributed by atoms with Gasteiger partial charge in [0.1, 0.15) is 11.7 Å². The minimum absolute atomic E-state index is 0.140. The second-order valence-corrected chi connectivity index (χ2v) is 4.75. The van der Waals surface area contributed by atoms with E-state index in [1.807, 2.05) is 0 Å². The molecule has 2 rings (SSSR count). The lowest BCUT2D eigenvalue weighted by Crippen LogP contribution is -2.25. The highest BCUT2D eigenvalue weighted by Gasteiger charge is 2.27. The highest BCUT2D eigenvalue weighted by Crippen LogP contribution is 2.24. The Morgan fingerprint density at radius 1 is 1.33 bits per heavy atom. The molecule has 0 radical (unpaired) electrons. The zero-order valence-electron chi connectivity index (χ0n) is 11.4. The molecule has 0 unspecified atom stereocenters. The van der Waals surface area contributed by atoms with Gasteiger partial charge in [0, 0.05) is 24.5 Å². The van der Waals surface area contributed by atoms with E-state index in [1.165, 1.54) is 11.9 Å². The van der Waals surface area contributed by atoms with E-state index in [4.69, 9.17) is 11.1 Å². The number of para-hydroxylation sites is 1. The van der Waals surface area contributed by atoms with Gasteiger partial charge in [0.2, 0.25) is 0 Å². The molecule has 0 amide bonds. The van der Waals surface area contributed by atoms with E-state index < -0.39 is 12.6 Å². The van der Waals surface area contributed by atoms with Crippen LogP contribution in [0.1, 0.15) is 12.0 Å². The van der Waals surface area contributed by atoms with Crippen LogP contribution in [0.4, 0.5) is 19.0 Å². The molecule has 4 nitrogen and oxygen atoms in total. The average Bonchev–Trinajstić information content (AvgIpc) is 2.42. The second kappa shape index (κ2) is 5.59. The summed E-state index contributed by atoms with van der Waals surface area (Å²) < 4.78 is 36.9. The van der Waals surface area contributed by atoms with Crippen molar-refractivity contribution in [2.75, 3.05) is 18.5 Å². The smallest absolute Gasteiger partial charge is 0.384 e. The number of alkyl halides is 3. The third kappa shape index (κ3) is 3.62. The Labute approximate surface area is 119 Å². The minimum atomic E-state index is -4.21. The van der Waals surface area contributed by atoms with Gasteiger partial charge >= 0.3 is 6.18 Å². The van der Waals surface area contributed by atoms with E-state index >= 15 is 0 Å². The van der Waals surface area contributed by atoms with E-state index in [-0.39, 0.29) is 12.4 Å². The topological polar surface area (TPSA) is 66.0 Å². The molecule has 1 aromatic carbocycles. The Hall–Kier alpha value is -2.31. The summed E-state index contributed by atoms with van der Waals surface area (Å²) >= 11 is 0. The first-order chi connectivity index (χ1) is 9.78. The number of pyridine rings is 1. The monoisotopic (exact) mass is 296 g/mol. The number of nitrogens with two attached hydrogens (primary N) is 1. The molecular formula is C14H15F3N4. The largest absolute Gasteiger partial charge is 0.390 e. The number of hydrogen-bond donors (Lipinski definition) is 2. The summed E-state index contributed by atoms with van der Waals surface area (Å²) in [5, 5.41) is 8.31. The van der Waals surface area contributed by atoms with Gasteiger partial charge in [0.15, 0.2) is 0 Å². The Morgan fingerprint density at radius 2 is 2.00 bits per heavy atom. The number of halogens is 3. The summed E-state index contributed by atoms with van der Waals surface area (Å²) in [6, 6.07) is 8.63. The predicted molar refractivity (Wildman–Crippen MR) is 76.7 cm³/mol. The summed E-state index contributed by atoms with van der Waals surface area (Å²) in [4.78, 5) is 5.73. The van der Waals surface area contributed by atoms with Crippen molar-refractivity contribution in [3.8, 4) is 0 Å². The Morgan fingerprint density at radius 3 is 2.62 bits per heavy atom. The standard InChI is InChI=1S/C14H15F3N4/c1-21(7-6-14(15,16)17)12-8-10(13(18)19)9-4-2-3-5-11(9)20-12/h2-5,8H,6-7H2,1H3,(H3,18,19). The number of anilines is 1. The van der Waals surface area contributed by atoms with Crippen LogP contribution in [0.3, 0.4) is 0 Å². The molecule has 2 aromatic rings. The fourth-order valence-electron chi connectivity index (χ4n) is 1.99. The third-order valence-electron chi connectivity index (χ3n) is 3.11. The van der Waals surface area contributed by atoms with Gasteiger partial charge in [-0.2, -0.15) is 13.2 Å². The lowest BCUT2D eigenvalue weighted by Gasteiger charge is -2.20. The van der Waals surface area contributed by atoms with Crippen LogP contribution in [0.25, 0.3) is 10.9 Å². The summed E-state index contributed by atoms with van der Waals surface area (Å²) in [5.74, 6) is 0.224. The number of benzene rings is 1. The molecule has 0 saturated heterocycles. The van der Waals surface area contributed by atoms with Gasteiger partial charge in [0.25, 0.3) is 0 Å². The molecule has 0 atom stereocenters. The fourth-order valence-corrected chi connectivity index (χ4v) is 1.99. The second-order valence-electron chi connectivity index (χ2n) is 4.75. The van der Waals surface area contributed by atoms with Crippen molar-refractivity contribution >= 4 is 22.6 Å². The van der Waals surface area contributed by atoms with Crippen LogP contribution in [0, 0.1) is 5.41 Å². The maximum Gasteiger partial charge on any atom is 0.390 e. The molecule has 112 valence electrons. The summed E-state index contributed by atoms with van der Waals surface area (Å²) in [5.41, 5.74) is 6.61. The van der Waals surface area contributed by atoms with E-state index in [0.29, 0.717) is 22.3 Å². The van der Waals surface area contributed by atoms with E-state index in [1.54, 1.807) is 30.3 Å². The van der Waals surface area contributed by atoms with E-state index in [9.17, 15) is 13.2 Å². The lowest BCUT2D eigenvalue weighted by molar-refractivity contribution is -0.132. The van der Waals surface area contributed by atoms with Crippen molar-refractivity contribution in [1.29, 1.82) is 5.41 Å². The predicted octanol–water partition coefficient (Wildman–Crippen LogP) is 2.91. The first kappa shape index (κ1) is 15.1. The molecule has 1 heterocycles. The van der Waals surface area contributed by atoms with Gasteiger partial charge in [-0.05, 0) is 12.1 Å². The molecule has 21 heavy (non-hydrogen) atoms. The maximum absolute atomic E-state index is 12.3. The molecule has 0 spiro atoms. The Bertz CT molecular complexity index is 667. The number of rotatable bonds is 4. The molecule has 0 saturated carbocycles. The summed E-state index contributed by atoms with van der Waals surface area (Å²) in [7, 11) is 1.53. The van der Waals surface area contributed by atoms with Crippen LogP contribution in [0.2, 0.25) is 0 Å². The number of fused-ring (bicyclic) bond motifs is 1. The third-order valence-corrected chi connectivity index (χ3v) is 3.11. The molecule has 7 heteroatoms. The van der Waals surface area contributed by atoms with Crippen molar-refractivity contribution in [3.05, 3.63) is 35.9 Å². The van der Waals surface area contributed by atoms with Gasteiger partial charge in [-0.25, -0.2) is 4.98 Å². The zero-order valence-corrected chi connectivity index (χ0v) is 11.4. The number of amidine groups is 1. The van der Waals surface area contributed by atoms with Crippen molar-refractivity contribution in [1.82, 2.24) is 4.98 Å². The molecule has 0 aliphatic carbocycles. The van der Waals surface area contributed by atoms with Crippen LogP contribution >= 0.6 is 0 Å². The Balaban J connectivity index is 2.38. The minimum Gasteiger partial charge on any atom is -0.384 e. The van der Waals surface area contributed by atoms with Crippen LogP contribution < -0.4 is 10.6 Å². The number of hydrogen-bond acceptors (Lipinski definition) is 3. The molecule has 0 aliphatic rings. The van der Waals surface area contributed by atoms with Crippen LogP contribution in [0.5, 0.6) is 0 Å². The van der Waals surface area contributed by atoms with Crippen molar-refractivity contribution in [3.63, 3.8) is 0 Å². The number of nitrogens with one attached hydrogen (secondary N) is 1. The molecule has 0 aliphatic heterocycles. The van der Waals surface area contributed by atoms with Gasteiger partial charge in [-0.1, -0.05) is 18.2 Å². The van der Waals surface area contributed by atoms with Crippen molar-refractivity contribution < 1.29 is 13.2 Å². The SMILES string of the molecule is CN(CCC(F)(F)F)c1cc(C(=N)N)c2ccccc2n1. The molecule has 0 bridgehead atoms. The fraction of sp³-hybridized carbons (Fsp3) is 0.286.